The largest absolute Gasteiger partial charge is 0.380 e. The molecule has 0 radical (unpaired) electrons. The van der Waals surface area contributed by atoms with E-state index in [-0.39, 0.29) is 12.1 Å². The number of pyridine rings is 1. The van der Waals surface area contributed by atoms with Crippen molar-refractivity contribution in [1.29, 1.82) is 0 Å². The minimum atomic E-state index is -1.19. The summed E-state index contributed by atoms with van der Waals surface area (Å²) in [5.41, 5.74) is 0.835. The van der Waals surface area contributed by atoms with E-state index in [2.05, 4.69) is 10.3 Å². The second kappa shape index (κ2) is 5.60. The summed E-state index contributed by atoms with van der Waals surface area (Å²) in [6, 6.07) is 3.20. The summed E-state index contributed by atoms with van der Waals surface area (Å²) in [7, 11) is 0. The summed E-state index contributed by atoms with van der Waals surface area (Å²) in [6.07, 6.45) is 3.21. The normalized spacial score (nSPS) is 10.3. The van der Waals surface area contributed by atoms with E-state index in [0.29, 0.717) is 11.8 Å². The van der Waals surface area contributed by atoms with Gasteiger partial charge in [-0.05, 0) is 18.6 Å². The highest BCUT2D eigenvalue weighted by Crippen LogP contribution is 2.22. The zero-order valence-corrected chi connectivity index (χ0v) is 10.6. The second-order valence-electron chi connectivity index (χ2n) is 4.26. The summed E-state index contributed by atoms with van der Waals surface area (Å²) in [6.45, 7) is 1.85. The van der Waals surface area contributed by atoms with Gasteiger partial charge in [-0.3, -0.25) is 15.1 Å². The van der Waals surface area contributed by atoms with E-state index < -0.39 is 22.2 Å². The van der Waals surface area contributed by atoms with Crippen molar-refractivity contribution in [3.05, 3.63) is 63.5 Å². The van der Waals surface area contributed by atoms with Crippen molar-refractivity contribution < 1.29 is 13.7 Å². The monoisotopic (exact) mass is 279 g/mol. The molecular weight excluding hydrogens is 268 g/mol. The molecule has 0 aliphatic carbocycles. The van der Waals surface area contributed by atoms with E-state index in [1.54, 1.807) is 18.5 Å². The molecule has 0 aliphatic rings. The maximum Gasteiger partial charge on any atom is 0.305 e. The summed E-state index contributed by atoms with van der Waals surface area (Å²) in [5, 5.41) is 13.5. The van der Waals surface area contributed by atoms with E-state index in [9.17, 15) is 18.9 Å². The molecule has 0 saturated heterocycles. The van der Waals surface area contributed by atoms with E-state index in [1.165, 1.54) is 0 Å². The fourth-order valence-corrected chi connectivity index (χ4v) is 1.71. The number of halogens is 2. The van der Waals surface area contributed by atoms with E-state index >= 15 is 0 Å². The van der Waals surface area contributed by atoms with E-state index in [4.69, 9.17) is 0 Å². The number of nitro benzene ring substituents is 1. The van der Waals surface area contributed by atoms with Crippen LogP contribution in [0.25, 0.3) is 0 Å². The Bertz CT molecular complexity index is 662. The average molecular weight is 279 g/mol. The predicted molar refractivity (Wildman–Crippen MR) is 69.3 cm³/mol. The Kier molecular flexibility index (Phi) is 3.88. The predicted octanol–water partition coefficient (Wildman–Crippen LogP) is 3.19. The minimum Gasteiger partial charge on any atom is -0.380 e. The summed E-state index contributed by atoms with van der Waals surface area (Å²) in [4.78, 5) is 13.7. The van der Waals surface area contributed by atoms with Gasteiger partial charge in [0.1, 0.15) is 5.82 Å². The standard InChI is InChI=1S/C13H11F2N3O2/c1-8-2-10(7-16-5-8)17-6-9-3-13(18(19)20)12(15)4-11(9)14/h2-5,7,17H,6H2,1H3. The highest BCUT2D eigenvalue weighted by molar-refractivity contribution is 5.44. The maximum atomic E-state index is 13.6. The van der Waals surface area contributed by atoms with Gasteiger partial charge in [0.15, 0.2) is 0 Å². The Labute approximate surface area is 113 Å². The Morgan fingerprint density at radius 2 is 2.00 bits per heavy atom. The van der Waals surface area contributed by atoms with Crippen LogP contribution in [0.1, 0.15) is 11.1 Å². The third kappa shape index (κ3) is 3.05. The van der Waals surface area contributed by atoms with Crippen LogP contribution >= 0.6 is 0 Å². The molecule has 1 aromatic heterocycles. The lowest BCUT2D eigenvalue weighted by Crippen LogP contribution is -2.04. The van der Waals surface area contributed by atoms with Crippen molar-refractivity contribution >= 4 is 11.4 Å². The number of nitro groups is 1. The van der Waals surface area contributed by atoms with E-state index in [0.717, 1.165) is 11.6 Å². The first-order chi connectivity index (χ1) is 9.47. The number of hydrogen-bond donors (Lipinski definition) is 1. The number of rotatable bonds is 4. The molecule has 0 saturated carbocycles. The van der Waals surface area contributed by atoms with Crippen LogP contribution in [0.4, 0.5) is 20.2 Å². The molecule has 7 heteroatoms. The van der Waals surface area contributed by atoms with Gasteiger partial charge in [0, 0.05) is 36.6 Å². The first kappa shape index (κ1) is 13.9. The Balaban J connectivity index is 2.21. The number of benzene rings is 1. The van der Waals surface area contributed by atoms with Crippen molar-refractivity contribution in [1.82, 2.24) is 4.98 Å². The molecule has 0 amide bonds. The molecule has 1 N–H and O–H groups in total. The number of nitrogens with one attached hydrogen (secondary N) is 1. The molecule has 1 heterocycles. The molecule has 0 bridgehead atoms. The van der Waals surface area contributed by atoms with Gasteiger partial charge in [-0.25, -0.2) is 4.39 Å². The SMILES string of the molecule is Cc1cncc(NCc2cc([N+](=O)[O-])c(F)cc2F)c1. The zero-order chi connectivity index (χ0) is 14.7. The molecule has 2 aromatic rings. The van der Waals surface area contributed by atoms with Gasteiger partial charge in [-0.1, -0.05) is 0 Å². The fourth-order valence-electron chi connectivity index (χ4n) is 1.71. The number of hydrogen-bond acceptors (Lipinski definition) is 4. The molecule has 5 nitrogen and oxygen atoms in total. The zero-order valence-electron chi connectivity index (χ0n) is 10.6. The minimum absolute atomic E-state index is 0.00190. The first-order valence-electron chi connectivity index (χ1n) is 5.75. The lowest BCUT2D eigenvalue weighted by molar-refractivity contribution is -0.387. The fraction of sp³-hybridized carbons (Fsp3) is 0.154. The molecule has 0 aliphatic heterocycles. The van der Waals surface area contributed by atoms with Crippen molar-refractivity contribution in [3.63, 3.8) is 0 Å². The third-order valence-corrected chi connectivity index (χ3v) is 2.67. The van der Waals surface area contributed by atoms with Crippen LogP contribution in [0.5, 0.6) is 0 Å². The van der Waals surface area contributed by atoms with Crippen molar-refractivity contribution in [2.75, 3.05) is 5.32 Å². The topological polar surface area (TPSA) is 68.1 Å². The van der Waals surface area contributed by atoms with Crippen molar-refractivity contribution in [2.24, 2.45) is 0 Å². The number of anilines is 1. The molecule has 2 rings (SSSR count). The van der Waals surface area contributed by atoms with Gasteiger partial charge in [0.2, 0.25) is 5.82 Å². The van der Waals surface area contributed by atoms with Crippen molar-refractivity contribution in [3.8, 4) is 0 Å². The summed E-state index contributed by atoms with van der Waals surface area (Å²) >= 11 is 0. The van der Waals surface area contributed by atoms with Gasteiger partial charge in [0.25, 0.3) is 0 Å². The van der Waals surface area contributed by atoms with Crippen LogP contribution in [0.3, 0.4) is 0 Å². The number of aryl methyl sites for hydroxylation is 1. The second-order valence-corrected chi connectivity index (χ2v) is 4.26. The maximum absolute atomic E-state index is 13.6. The molecule has 104 valence electrons. The Morgan fingerprint density at radius 1 is 1.25 bits per heavy atom. The van der Waals surface area contributed by atoms with Gasteiger partial charge >= 0.3 is 5.69 Å². The molecule has 0 fully saturated rings. The molecule has 20 heavy (non-hydrogen) atoms. The number of aromatic nitrogens is 1. The van der Waals surface area contributed by atoms with Gasteiger partial charge < -0.3 is 5.32 Å². The van der Waals surface area contributed by atoms with Crippen LogP contribution in [0.2, 0.25) is 0 Å². The van der Waals surface area contributed by atoms with Gasteiger partial charge in [0.05, 0.1) is 10.6 Å². The third-order valence-electron chi connectivity index (χ3n) is 2.67. The Hall–Kier alpha value is -2.57. The highest BCUT2D eigenvalue weighted by Gasteiger charge is 2.18. The van der Waals surface area contributed by atoms with E-state index in [1.807, 2.05) is 6.92 Å². The smallest absolute Gasteiger partial charge is 0.305 e. The molecule has 0 unspecified atom stereocenters. The molecule has 0 atom stereocenters. The van der Waals surface area contributed by atoms with Crippen LogP contribution < -0.4 is 5.32 Å². The summed E-state index contributed by atoms with van der Waals surface area (Å²) in [5.74, 6) is -2.02. The highest BCUT2D eigenvalue weighted by atomic mass is 19.1. The lowest BCUT2D eigenvalue weighted by atomic mass is 10.1. The molecule has 1 aromatic carbocycles. The van der Waals surface area contributed by atoms with Crippen LogP contribution in [-0.2, 0) is 6.54 Å². The number of nitrogens with zero attached hydrogens (tertiary/aromatic N) is 2. The van der Waals surface area contributed by atoms with Crippen molar-refractivity contribution in [2.45, 2.75) is 13.5 Å². The van der Waals surface area contributed by atoms with Crippen LogP contribution in [0.15, 0.2) is 30.6 Å². The van der Waals surface area contributed by atoms with Gasteiger partial charge in [-0.2, -0.15) is 4.39 Å². The Morgan fingerprint density at radius 3 is 2.65 bits per heavy atom. The first-order valence-corrected chi connectivity index (χ1v) is 5.75. The summed E-state index contributed by atoms with van der Waals surface area (Å²) < 4.78 is 26.7. The quantitative estimate of drug-likeness (QED) is 0.689. The lowest BCUT2D eigenvalue weighted by Gasteiger charge is -2.08. The van der Waals surface area contributed by atoms with Crippen LogP contribution in [-0.4, -0.2) is 9.91 Å². The van der Waals surface area contributed by atoms with Crippen LogP contribution in [0, 0.1) is 28.7 Å². The molecular formula is C13H11F2N3O2. The van der Waals surface area contributed by atoms with Gasteiger partial charge in [-0.15, -0.1) is 0 Å². The molecule has 0 spiro atoms. The average Bonchev–Trinajstić information content (AvgIpc) is 2.37.